The van der Waals surface area contributed by atoms with Gasteiger partial charge >= 0.3 is 6.03 Å². The largest absolute Gasteiger partial charge is 0.333 e. The number of carbonyl (C=O) groups is 2. The summed E-state index contributed by atoms with van der Waals surface area (Å²) in [6.45, 7) is 1.92. The number of nitrogens with two attached hydrogens (primary N) is 1. The zero-order valence-electron chi connectivity index (χ0n) is 9.57. The van der Waals surface area contributed by atoms with E-state index in [4.69, 9.17) is 5.73 Å². The van der Waals surface area contributed by atoms with E-state index >= 15 is 0 Å². The van der Waals surface area contributed by atoms with Crippen LogP contribution in [0.4, 0.5) is 4.79 Å². The van der Waals surface area contributed by atoms with Gasteiger partial charge < -0.3 is 11.1 Å². The number of benzene rings is 1. The van der Waals surface area contributed by atoms with Crippen LogP contribution in [-0.4, -0.2) is 18.0 Å². The van der Waals surface area contributed by atoms with Crippen LogP contribution >= 0.6 is 0 Å². The normalized spacial score (nSPS) is 11.4. The number of amides is 3. The van der Waals surface area contributed by atoms with Gasteiger partial charge in [0.15, 0.2) is 0 Å². The molecule has 0 unspecified atom stereocenters. The highest BCUT2D eigenvalue weighted by molar-refractivity contribution is 5.84. The second-order valence-electron chi connectivity index (χ2n) is 3.57. The Morgan fingerprint density at radius 2 is 1.88 bits per heavy atom. The third-order valence-corrected chi connectivity index (χ3v) is 2.01. The van der Waals surface area contributed by atoms with Crippen LogP contribution in [-0.2, 0) is 11.3 Å². The zero-order valence-corrected chi connectivity index (χ0v) is 9.57. The number of nitrogens with one attached hydrogen (secondary N) is 3. The summed E-state index contributed by atoms with van der Waals surface area (Å²) in [6, 6.07) is 8.29. The van der Waals surface area contributed by atoms with Gasteiger partial charge in [-0.05, 0) is 12.5 Å². The molecule has 0 saturated carbocycles. The van der Waals surface area contributed by atoms with Crippen LogP contribution in [0.5, 0.6) is 0 Å². The van der Waals surface area contributed by atoms with Crippen molar-refractivity contribution in [1.82, 2.24) is 16.2 Å². The van der Waals surface area contributed by atoms with Crippen molar-refractivity contribution in [3.8, 4) is 0 Å². The molecule has 0 radical (unpaired) electrons. The predicted octanol–water partition coefficient (Wildman–Crippen LogP) is -0.136. The molecular weight excluding hydrogens is 220 g/mol. The molecule has 6 heteroatoms. The molecule has 0 aliphatic heterocycles. The fourth-order valence-corrected chi connectivity index (χ4v) is 1.05. The van der Waals surface area contributed by atoms with Crippen molar-refractivity contribution in [2.75, 3.05) is 0 Å². The van der Waals surface area contributed by atoms with Gasteiger partial charge in [-0.3, -0.25) is 10.2 Å². The minimum atomic E-state index is -0.663. The summed E-state index contributed by atoms with van der Waals surface area (Å²) in [6.07, 6.45) is 0. The summed E-state index contributed by atoms with van der Waals surface area (Å²) >= 11 is 0. The van der Waals surface area contributed by atoms with Crippen molar-refractivity contribution in [2.24, 2.45) is 5.73 Å². The maximum absolute atomic E-state index is 11.3. The van der Waals surface area contributed by atoms with E-state index in [1.165, 1.54) is 6.92 Å². The Morgan fingerprint density at radius 1 is 1.24 bits per heavy atom. The van der Waals surface area contributed by atoms with Gasteiger partial charge in [-0.2, -0.15) is 0 Å². The molecule has 0 aromatic heterocycles. The first-order chi connectivity index (χ1) is 8.09. The average Bonchev–Trinajstić information content (AvgIpc) is 2.34. The summed E-state index contributed by atoms with van der Waals surface area (Å²) < 4.78 is 0. The lowest BCUT2D eigenvalue weighted by Crippen LogP contribution is -2.51. The summed E-state index contributed by atoms with van der Waals surface area (Å²) in [4.78, 5) is 22.3. The highest BCUT2D eigenvalue weighted by atomic mass is 16.2. The third kappa shape index (κ3) is 4.98. The van der Waals surface area contributed by atoms with E-state index in [1.54, 1.807) is 0 Å². The van der Waals surface area contributed by atoms with Crippen molar-refractivity contribution in [3.63, 3.8) is 0 Å². The molecule has 1 aromatic carbocycles. The fraction of sp³-hybridized carbons (Fsp3) is 0.273. The van der Waals surface area contributed by atoms with E-state index in [-0.39, 0.29) is 0 Å². The Hall–Kier alpha value is -2.08. The maximum atomic E-state index is 11.3. The predicted molar refractivity (Wildman–Crippen MR) is 63.6 cm³/mol. The molecule has 0 spiro atoms. The first-order valence-corrected chi connectivity index (χ1v) is 5.23. The lowest BCUT2D eigenvalue weighted by atomic mass is 10.2. The molecule has 0 aliphatic rings. The Kier molecular flexibility index (Phi) is 4.96. The molecular formula is C11H16N4O2. The van der Waals surface area contributed by atoms with Crippen molar-refractivity contribution >= 4 is 11.9 Å². The molecule has 0 aliphatic carbocycles. The van der Waals surface area contributed by atoms with Crippen LogP contribution in [0.1, 0.15) is 12.5 Å². The molecule has 1 aromatic rings. The summed E-state index contributed by atoms with van der Waals surface area (Å²) in [5.41, 5.74) is 10.7. The fourth-order valence-electron chi connectivity index (χ4n) is 1.05. The number of carbonyl (C=O) groups excluding carboxylic acids is 2. The van der Waals surface area contributed by atoms with E-state index < -0.39 is 18.0 Å². The average molecular weight is 236 g/mol. The summed E-state index contributed by atoms with van der Waals surface area (Å²) in [7, 11) is 0. The summed E-state index contributed by atoms with van der Waals surface area (Å²) in [5.74, 6) is -0.445. The Balaban J connectivity index is 2.24. The zero-order chi connectivity index (χ0) is 12.7. The summed E-state index contributed by atoms with van der Waals surface area (Å²) in [5, 5.41) is 2.59. The van der Waals surface area contributed by atoms with Crippen molar-refractivity contribution < 1.29 is 9.59 Å². The Morgan fingerprint density at radius 3 is 2.47 bits per heavy atom. The van der Waals surface area contributed by atoms with Gasteiger partial charge in [-0.15, -0.1) is 0 Å². The molecule has 3 amide bonds. The lowest BCUT2D eigenvalue weighted by molar-refractivity contribution is -0.122. The Labute approximate surface area is 99.5 Å². The van der Waals surface area contributed by atoms with Crippen LogP contribution in [0.15, 0.2) is 30.3 Å². The van der Waals surface area contributed by atoms with Crippen LogP contribution in [0.3, 0.4) is 0 Å². The number of hydrogen-bond acceptors (Lipinski definition) is 3. The van der Waals surface area contributed by atoms with Crippen molar-refractivity contribution in [3.05, 3.63) is 35.9 Å². The van der Waals surface area contributed by atoms with Crippen LogP contribution in [0.2, 0.25) is 0 Å². The van der Waals surface area contributed by atoms with E-state index in [1.807, 2.05) is 30.3 Å². The Bertz CT molecular complexity index is 378. The minimum absolute atomic E-state index is 0.390. The van der Waals surface area contributed by atoms with Gasteiger partial charge in [0.1, 0.15) is 0 Å². The molecule has 92 valence electrons. The standard InChI is InChI=1S/C11H16N4O2/c1-8(12)10(16)14-15-11(17)13-7-9-5-3-2-4-6-9/h2-6,8H,7,12H2,1H3,(H,14,16)(H2,13,15,17)/t8-/m1/s1. The number of hydrogen-bond donors (Lipinski definition) is 4. The van der Waals surface area contributed by atoms with Crippen molar-refractivity contribution in [2.45, 2.75) is 19.5 Å². The molecule has 17 heavy (non-hydrogen) atoms. The van der Waals surface area contributed by atoms with Crippen LogP contribution < -0.4 is 21.9 Å². The lowest BCUT2D eigenvalue weighted by Gasteiger charge is -2.10. The second-order valence-corrected chi connectivity index (χ2v) is 3.57. The van der Waals surface area contributed by atoms with E-state index in [0.29, 0.717) is 6.54 Å². The SMILES string of the molecule is C[C@@H](N)C(=O)NNC(=O)NCc1ccccc1. The first kappa shape index (κ1) is 13.0. The monoisotopic (exact) mass is 236 g/mol. The highest BCUT2D eigenvalue weighted by Gasteiger charge is 2.07. The van der Waals surface area contributed by atoms with Gasteiger partial charge in [0.25, 0.3) is 5.91 Å². The quantitative estimate of drug-likeness (QED) is 0.550. The molecule has 0 saturated heterocycles. The minimum Gasteiger partial charge on any atom is -0.333 e. The molecule has 1 rings (SSSR count). The van der Waals surface area contributed by atoms with Gasteiger partial charge in [0, 0.05) is 6.54 Å². The smallest absolute Gasteiger partial charge is 0.333 e. The topological polar surface area (TPSA) is 96.2 Å². The van der Waals surface area contributed by atoms with Gasteiger partial charge in [-0.1, -0.05) is 30.3 Å². The van der Waals surface area contributed by atoms with E-state index in [2.05, 4.69) is 16.2 Å². The number of urea groups is 1. The number of rotatable bonds is 3. The van der Waals surface area contributed by atoms with Gasteiger partial charge in [0.2, 0.25) is 0 Å². The maximum Gasteiger partial charge on any atom is 0.333 e. The molecule has 0 bridgehead atoms. The molecule has 6 nitrogen and oxygen atoms in total. The van der Waals surface area contributed by atoms with E-state index in [9.17, 15) is 9.59 Å². The van der Waals surface area contributed by atoms with Crippen LogP contribution in [0, 0.1) is 0 Å². The van der Waals surface area contributed by atoms with Crippen LogP contribution in [0.25, 0.3) is 0 Å². The molecule has 5 N–H and O–H groups in total. The molecule has 0 heterocycles. The van der Waals surface area contributed by atoms with Gasteiger partial charge in [-0.25, -0.2) is 10.2 Å². The highest BCUT2D eigenvalue weighted by Crippen LogP contribution is 1.96. The second kappa shape index (κ2) is 6.49. The third-order valence-electron chi connectivity index (χ3n) is 2.01. The van der Waals surface area contributed by atoms with E-state index in [0.717, 1.165) is 5.56 Å². The van der Waals surface area contributed by atoms with Gasteiger partial charge in [0.05, 0.1) is 6.04 Å². The first-order valence-electron chi connectivity index (χ1n) is 5.23. The number of hydrazine groups is 1. The molecule has 0 fully saturated rings. The molecule has 1 atom stereocenters. The van der Waals surface area contributed by atoms with Crippen molar-refractivity contribution in [1.29, 1.82) is 0 Å².